The summed E-state index contributed by atoms with van der Waals surface area (Å²) in [7, 11) is 0. The van der Waals surface area contributed by atoms with Crippen LogP contribution in [0.15, 0.2) is 24.3 Å². The van der Waals surface area contributed by atoms with Crippen LogP contribution in [0.5, 0.6) is 0 Å². The van der Waals surface area contributed by atoms with Crippen LogP contribution in [0.1, 0.15) is 23.4 Å². The number of benzene rings is 1. The average molecular weight is 347 g/mol. The van der Waals surface area contributed by atoms with Gasteiger partial charge in [0.1, 0.15) is 11.6 Å². The van der Waals surface area contributed by atoms with Gasteiger partial charge in [-0.25, -0.2) is 14.1 Å². The van der Waals surface area contributed by atoms with Crippen molar-refractivity contribution in [1.29, 1.82) is 0 Å². The second kappa shape index (κ2) is 7.71. The van der Waals surface area contributed by atoms with Crippen LogP contribution in [-0.2, 0) is 4.74 Å². The summed E-state index contributed by atoms with van der Waals surface area (Å²) in [5, 5.41) is 7.17. The highest BCUT2D eigenvalue weighted by Crippen LogP contribution is 2.10. The third kappa shape index (κ3) is 4.40. The molecule has 1 aromatic carbocycles. The molecule has 0 saturated carbocycles. The minimum absolute atomic E-state index is 0.0244. The van der Waals surface area contributed by atoms with E-state index >= 15 is 0 Å². The Morgan fingerprint density at radius 2 is 2.00 bits per heavy atom. The summed E-state index contributed by atoms with van der Waals surface area (Å²) in [4.78, 5) is 18.9. The number of morpholine rings is 1. The Morgan fingerprint density at radius 3 is 2.68 bits per heavy atom. The quantitative estimate of drug-likeness (QED) is 0.879. The maximum absolute atomic E-state index is 13.1. The molecule has 0 bridgehead atoms. The van der Waals surface area contributed by atoms with Crippen molar-refractivity contribution in [3.8, 4) is 5.69 Å². The van der Waals surface area contributed by atoms with Crippen molar-refractivity contribution < 1.29 is 13.9 Å². The summed E-state index contributed by atoms with van der Waals surface area (Å²) < 4.78 is 19.9. The molecule has 0 spiro atoms. The van der Waals surface area contributed by atoms with Crippen molar-refractivity contribution in [3.63, 3.8) is 0 Å². The zero-order chi connectivity index (χ0) is 17.8. The first-order chi connectivity index (χ1) is 12.0. The Morgan fingerprint density at radius 1 is 1.32 bits per heavy atom. The third-order valence-electron chi connectivity index (χ3n) is 4.06. The molecule has 2 aromatic rings. The smallest absolute Gasteiger partial charge is 0.291 e. The van der Waals surface area contributed by atoms with Gasteiger partial charge in [0, 0.05) is 25.7 Å². The van der Waals surface area contributed by atoms with Crippen molar-refractivity contribution in [2.45, 2.75) is 19.9 Å². The number of carbonyl (C=O) groups is 1. The molecular formula is C17H22FN5O2. The zero-order valence-corrected chi connectivity index (χ0v) is 14.4. The Hall–Kier alpha value is -2.32. The predicted octanol–water partition coefficient (Wildman–Crippen LogP) is 1.17. The minimum atomic E-state index is -0.323. The second-order valence-corrected chi connectivity index (χ2v) is 6.16. The van der Waals surface area contributed by atoms with Crippen molar-refractivity contribution in [2.75, 3.05) is 32.8 Å². The van der Waals surface area contributed by atoms with E-state index in [4.69, 9.17) is 4.74 Å². The second-order valence-electron chi connectivity index (χ2n) is 6.16. The van der Waals surface area contributed by atoms with E-state index in [9.17, 15) is 9.18 Å². The summed E-state index contributed by atoms with van der Waals surface area (Å²) in [6, 6.07) is 5.87. The molecule has 25 heavy (non-hydrogen) atoms. The van der Waals surface area contributed by atoms with E-state index in [1.807, 2.05) is 6.92 Å². The van der Waals surface area contributed by atoms with Gasteiger partial charge >= 0.3 is 0 Å². The van der Waals surface area contributed by atoms with Crippen LogP contribution in [0.25, 0.3) is 5.69 Å². The molecule has 134 valence electrons. The van der Waals surface area contributed by atoms with E-state index in [0.29, 0.717) is 11.5 Å². The fourth-order valence-corrected chi connectivity index (χ4v) is 2.82. The molecule has 7 nitrogen and oxygen atoms in total. The van der Waals surface area contributed by atoms with Gasteiger partial charge in [-0.15, -0.1) is 5.10 Å². The average Bonchev–Trinajstić information content (AvgIpc) is 2.98. The molecule has 8 heteroatoms. The van der Waals surface area contributed by atoms with Crippen LogP contribution >= 0.6 is 0 Å². The molecule has 2 heterocycles. The minimum Gasteiger partial charge on any atom is -0.379 e. The first-order valence-corrected chi connectivity index (χ1v) is 8.33. The Kier molecular flexibility index (Phi) is 5.40. The van der Waals surface area contributed by atoms with Gasteiger partial charge in [0.05, 0.1) is 18.9 Å². The Bertz CT molecular complexity index is 725. The number of hydrogen-bond donors (Lipinski definition) is 1. The molecule has 1 aliphatic heterocycles. The number of nitrogens with zero attached hydrogens (tertiary/aromatic N) is 4. The number of halogens is 1. The van der Waals surface area contributed by atoms with E-state index in [-0.39, 0.29) is 23.6 Å². The van der Waals surface area contributed by atoms with Gasteiger partial charge in [0.15, 0.2) is 0 Å². The summed E-state index contributed by atoms with van der Waals surface area (Å²) in [6.07, 6.45) is 0. The van der Waals surface area contributed by atoms with Gasteiger partial charge in [-0.3, -0.25) is 9.69 Å². The van der Waals surface area contributed by atoms with Crippen LogP contribution in [0.2, 0.25) is 0 Å². The zero-order valence-electron chi connectivity index (χ0n) is 14.4. The van der Waals surface area contributed by atoms with Gasteiger partial charge in [0.25, 0.3) is 5.91 Å². The standard InChI is InChI=1S/C17H22FN5O2/c1-12(11-22-7-9-25-10-8-22)19-17(24)16-20-13(2)23(21-16)15-5-3-14(18)4-6-15/h3-6,12H,7-11H2,1-2H3,(H,19,24)/t12-/m0/s1. The molecule has 1 N–H and O–H groups in total. The van der Waals surface area contributed by atoms with Crippen LogP contribution in [0, 0.1) is 12.7 Å². The van der Waals surface area contributed by atoms with Crippen LogP contribution in [0.3, 0.4) is 0 Å². The van der Waals surface area contributed by atoms with Gasteiger partial charge in [0.2, 0.25) is 5.82 Å². The van der Waals surface area contributed by atoms with Gasteiger partial charge < -0.3 is 10.1 Å². The molecule has 1 saturated heterocycles. The SMILES string of the molecule is Cc1nc(C(=O)N[C@@H](C)CN2CCOCC2)nn1-c1ccc(F)cc1. The molecule has 0 unspecified atom stereocenters. The molecule has 1 aliphatic rings. The molecular weight excluding hydrogens is 325 g/mol. The Balaban J connectivity index is 1.64. The summed E-state index contributed by atoms with van der Waals surface area (Å²) in [5.41, 5.74) is 0.659. The highest BCUT2D eigenvalue weighted by atomic mass is 19.1. The van der Waals surface area contributed by atoms with Crippen molar-refractivity contribution in [3.05, 3.63) is 41.7 Å². The van der Waals surface area contributed by atoms with Crippen molar-refractivity contribution in [2.24, 2.45) is 0 Å². The van der Waals surface area contributed by atoms with Crippen LogP contribution < -0.4 is 5.32 Å². The van der Waals surface area contributed by atoms with Gasteiger partial charge in [-0.1, -0.05) is 0 Å². The lowest BCUT2D eigenvalue weighted by molar-refractivity contribution is 0.0342. The van der Waals surface area contributed by atoms with Crippen molar-refractivity contribution >= 4 is 5.91 Å². The number of hydrogen-bond acceptors (Lipinski definition) is 5. The summed E-state index contributed by atoms with van der Waals surface area (Å²) in [6.45, 7) is 7.66. The highest BCUT2D eigenvalue weighted by molar-refractivity contribution is 5.90. The van der Waals surface area contributed by atoms with Crippen LogP contribution in [-0.4, -0.2) is 64.5 Å². The topological polar surface area (TPSA) is 72.3 Å². The lowest BCUT2D eigenvalue weighted by atomic mass is 10.3. The highest BCUT2D eigenvalue weighted by Gasteiger charge is 2.19. The summed E-state index contributed by atoms with van der Waals surface area (Å²) in [5.74, 6) is 0.0365. The molecule has 1 atom stereocenters. The third-order valence-corrected chi connectivity index (χ3v) is 4.06. The number of aryl methyl sites for hydroxylation is 1. The number of aromatic nitrogens is 3. The van der Waals surface area contributed by atoms with Crippen LogP contribution in [0.4, 0.5) is 4.39 Å². The van der Waals surface area contributed by atoms with E-state index in [1.54, 1.807) is 19.1 Å². The molecule has 0 radical (unpaired) electrons. The van der Waals surface area contributed by atoms with E-state index < -0.39 is 0 Å². The van der Waals surface area contributed by atoms with Crippen molar-refractivity contribution in [1.82, 2.24) is 25.0 Å². The number of rotatable bonds is 5. The molecule has 1 fully saturated rings. The largest absolute Gasteiger partial charge is 0.379 e. The maximum atomic E-state index is 13.1. The van der Waals surface area contributed by atoms with Gasteiger partial charge in [-0.05, 0) is 38.1 Å². The maximum Gasteiger partial charge on any atom is 0.291 e. The summed E-state index contributed by atoms with van der Waals surface area (Å²) >= 11 is 0. The van der Waals surface area contributed by atoms with Gasteiger partial charge in [-0.2, -0.15) is 0 Å². The Labute approximate surface area is 145 Å². The first-order valence-electron chi connectivity index (χ1n) is 8.33. The predicted molar refractivity (Wildman–Crippen MR) is 90.2 cm³/mol. The lowest BCUT2D eigenvalue weighted by Crippen LogP contribution is -2.46. The van der Waals surface area contributed by atoms with E-state index in [2.05, 4.69) is 20.3 Å². The number of amides is 1. The number of ether oxygens (including phenoxy) is 1. The lowest BCUT2D eigenvalue weighted by Gasteiger charge is -2.29. The molecule has 1 aromatic heterocycles. The fourth-order valence-electron chi connectivity index (χ4n) is 2.82. The molecule has 1 amide bonds. The van der Waals surface area contributed by atoms with E-state index in [1.165, 1.54) is 16.8 Å². The van der Waals surface area contributed by atoms with E-state index in [0.717, 1.165) is 32.8 Å². The molecule has 0 aliphatic carbocycles. The normalized spacial score (nSPS) is 16.6. The first kappa shape index (κ1) is 17.5. The fraction of sp³-hybridized carbons (Fsp3) is 0.471. The number of nitrogens with one attached hydrogen (secondary N) is 1. The number of carbonyl (C=O) groups excluding carboxylic acids is 1. The molecule has 3 rings (SSSR count). The monoisotopic (exact) mass is 347 g/mol.